The topological polar surface area (TPSA) is 3.24 Å². The van der Waals surface area contributed by atoms with Crippen molar-refractivity contribution in [3.63, 3.8) is 0 Å². The van der Waals surface area contributed by atoms with Crippen molar-refractivity contribution in [2.45, 2.75) is 32.6 Å². The zero-order valence-electron chi connectivity index (χ0n) is 9.86. The fourth-order valence-corrected chi connectivity index (χ4v) is 2.64. The van der Waals surface area contributed by atoms with E-state index in [0.717, 1.165) is 11.8 Å². The SMILES string of the molecule is CC1C=CC=CC1CCN1CCCCC1. The van der Waals surface area contributed by atoms with Crippen LogP contribution in [-0.4, -0.2) is 24.5 Å². The lowest BCUT2D eigenvalue weighted by Crippen LogP contribution is -2.32. The Hall–Kier alpha value is -0.560. The lowest BCUT2D eigenvalue weighted by Gasteiger charge is -2.29. The lowest BCUT2D eigenvalue weighted by atomic mass is 9.87. The van der Waals surface area contributed by atoms with Gasteiger partial charge in [0.2, 0.25) is 0 Å². The third-order valence-electron chi connectivity index (χ3n) is 3.79. The highest BCUT2D eigenvalue weighted by atomic mass is 15.1. The molecular weight excluding hydrogens is 182 g/mol. The van der Waals surface area contributed by atoms with Crippen molar-refractivity contribution in [2.24, 2.45) is 11.8 Å². The molecule has 0 aromatic rings. The first-order chi connectivity index (χ1) is 7.36. The van der Waals surface area contributed by atoms with Crippen LogP contribution in [0.3, 0.4) is 0 Å². The third-order valence-corrected chi connectivity index (χ3v) is 3.79. The van der Waals surface area contributed by atoms with Crippen LogP contribution < -0.4 is 0 Å². The Bertz CT molecular complexity index is 236. The molecule has 0 spiro atoms. The van der Waals surface area contributed by atoms with Gasteiger partial charge in [0.05, 0.1) is 0 Å². The molecule has 0 aromatic heterocycles. The van der Waals surface area contributed by atoms with Crippen LogP contribution in [0.15, 0.2) is 24.3 Å². The van der Waals surface area contributed by atoms with Gasteiger partial charge in [-0.1, -0.05) is 37.6 Å². The molecule has 1 saturated heterocycles. The normalized spacial score (nSPS) is 32.1. The molecule has 1 fully saturated rings. The smallest absolute Gasteiger partial charge is 0.00129 e. The highest BCUT2D eigenvalue weighted by molar-refractivity contribution is 5.13. The molecule has 0 bridgehead atoms. The highest BCUT2D eigenvalue weighted by Crippen LogP contribution is 2.23. The first kappa shape index (κ1) is 10.9. The van der Waals surface area contributed by atoms with E-state index < -0.39 is 0 Å². The number of nitrogens with zero attached hydrogens (tertiary/aromatic N) is 1. The van der Waals surface area contributed by atoms with Gasteiger partial charge in [-0.05, 0) is 50.7 Å². The number of rotatable bonds is 3. The van der Waals surface area contributed by atoms with Crippen LogP contribution in [-0.2, 0) is 0 Å². The van der Waals surface area contributed by atoms with Crippen LogP contribution in [0.2, 0.25) is 0 Å². The minimum Gasteiger partial charge on any atom is -0.303 e. The Morgan fingerprint density at radius 1 is 1.07 bits per heavy atom. The molecular formula is C14H23N. The Morgan fingerprint density at radius 2 is 1.80 bits per heavy atom. The van der Waals surface area contributed by atoms with E-state index in [-0.39, 0.29) is 0 Å². The van der Waals surface area contributed by atoms with Crippen molar-refractivity contribution in [3.8, 4) is 0 Å². The zero-order valence-corrected chi connectivity index (χ0v) is 9.86. The number of allylic oxidation sites excluding steroid dienone is 4. The minimum atomic E-state index is 0.736. The average Bonchev–Trinajstić information content (AvgIpc) is 2.29. The molecule has 2 aliphatic rings. The summed E-state index contributed by atoms with van der Waals surface area (Å²) in [6.45, 7) is 6.30. The van der Waals surface area contributed by atoms with Gasteiger partial charge in [-0.25, -0.2) is 0 Å². The molecule has 0 amide bonds. The molecule has 0 radical (unpaired) electrons. The summed E-state index contributed by atoms with van der Waals surface area (Å²) in [4.78, 5) is 2.64. The zero-order chi connectivity index (χ0) is 10.5. The van der Waals surface area contributed by atoms with E-state index in [1.54, 1.807) is 0 Å². The van der Waals surface area contributed by atoms with Crippen LogP contribution in [0, 0.1) is 11.8 Å². The van der Waals surface area contributed by atoms with Crippen molar-refractivity contribution in [1.82, 2.24) is 4.90 Å². The second kappa shape index (κ2) is 5.50. The van der Waals surface area contributed by atoms with E-state index in [1.165, 1.54) is 45.3 Å². The Labute approximate surface area is 93.9 Å². The fourth-order valence-electron chi connectivity index (χ4n) is 2.64. The molecule has 2 atom stereocenters. The van der Waals surface area contributed by atoms with Gasteiger partial charge in [-0.2, -0.15) is 0 Å². The Kier molecular flexibility index (Phi) is 4.01. The minimum absolute atomic E-state index is 0.736. The molecule has 0 N–H and O–H groups in total. The van der Waals surface area contributed by atoms with Gasteiger partial charge in [0.25, 0.3) is 0 Å². The molecule has 2 rings (SSSR count). The van der Waals surface area contributed by atoms with Gasteiger partial charge in [-0.15, -0.1) is 0 Å². The quantitative estimate of drug-likeness (QED) is 0.683. The molecule has 1 heterocycles. The molecule has 15 heavy (non-hydrogen) atoms. The maximum absolute atomic E-state index is 2.64. The molecule has 1 aliphatic heterocycles. The summed E-state index contributed by atoms with van der Waals surface area (Å²) < 4.78 is 0. The van der Waals surface area contributed by atoms with Crippen LogP contribution >= 0.6 is 0 Å². The molecule has 1 nitrogen and oxygen atoms in total. The molecule has 0 aromatic carbocycles. The van der Waals surface area contributed by atoms with Crippen LogP contribution in [0.5, 0.6) is 0 Å². The molecule has 84 valence electrons. The van der Waals surface area contributed by atoms with Crippen molar-refractivity contribution in [2.75, 3.05) is 19.6 Å². The number of likely N-dealkylation sites (tertiary alicyclic amines) is 1. The highest BCUT2D eigenvalue weighted by Gasteiger charge is 2.16. The summed E-state index contributed by atoms with van der Waals surface area (Å²) in [7, 11) is 0. The lowest BCUT2D eigenvalue weighted by molar-refractivity contribution is 0.213. The molecule has 0 saturated carbocycles. The predicted octanol–water partition coefficient (Wildman–Crippen LogP) is 3.24. The van der Waals surface area contributed by atoms with E-state index in [2.05, 4.69) is 36.1 Å². The first-order valence-electron chi connectivity index (χ1n) is 6.43. The summed E-state index contributed by atoms with van der Waals surface area (Å²) in [6.07, 6.45) is 14.7. The average molecular weight is 205 g/mol. The molecule has 1 aliphatic carbocycles. The van der Waals surface area contributed by atoms with Gasteiger partial charge in [0.15, 0.2) is 0 Å². The van der Waals surface area contributed by atoms with E-state index in [4.69, 9.17) is 0 Å². The summed E-state index contributed by atoms with van der Waals surface area (Å²) >= 11 is 0. The van der Waals surface area contributed by atoms with E-state index in [0.29, 0.717) is 0 Å². The van der Waals surface area contributed by atoms with Crippen molar-refractivity contribution in [1.29, 1.82) is 0 Å². The number of piperidine rings is 1. The summed E-state index contributed by atoms with van der Waals surface area (Å²) in [5.41, 5.74) is 0. The van der Waals surface area contributed by atoms with E-state index in [9.17, 15) is 0 Å². The van der Waals surface area contributed by atoms with Gasteiger partial charge in [-0.3, -0.25) is 0 Å². The maximum atomic E-state index is 2.64. The standard InChI is InChI=1S/C14H23N/c1-13-7-3-4-8-14(13)9-12-15-10-5-2-6-11-15/h3-4,7-8,13-14H,2,5-6,9-12H2,1H3. The Morgan fingerprint density at radius 3 is 2.53 bits per heavy atom. The Balaban J connectivity index is 1.72. The van der Waals surface area contributed by atoms with Crippen molar-refractivity contribution in [3.05, 3.63) is 24.3 Å². The van der Waals surface area contributed by atoms with Gasteiger partial charge in [0.1, 0.15) is 0 Å². The summed E-state index contributed by atoms with van der Waals surface area (Å²) in [5, 5.41) is 0. The van der Waals surface area contributed by atoms with Crippen molar-refractivity contribution < 1.29 is 0 Å². The van der Waals surface area contributed by atoms with Crippen LogP contribution in [0.4, 0.5) is 0 Å². The maximum Gasteiger partial charge on any atom is -0.00129 e. The second-order valence-corrected chi connectivity index (χ2v) is 4.98. The fraction of sp³-hybridized carbons (Fsp3) is 0.714. The largest absolute Gasteiger partial charge is 0.303 e. The number of hydrogen-bond acceptors (Lipinski definition) is 1. The van der Waals surface area contributed by atoms with Crippen molar-refractivity contribution >= 4 is 0 Å². The number of hydrogen-bond donors (Lipinski definition) is 0. The third kappa shape index (κ3) is 3.20. The van der Waals surface area contributed by atoms with Gasteiger partial charge in [0, 0.05) is 0 Å². The van der Waals surface area contributed by atoms with Crippen LogP contribution in [0.25, 0.3) is 0 Å². The first-order valence-corrected chi connectivity index (χ1v) is 6.43. The van der Waals surface area contributed by atoms with Gasteiger partial charge < -0.3 is 4.90 Å². The van der Waals surface area contributed by atoms with Gasteiger partial charge >= 0.3 is 0 Å². The van der Waals surface area contributed by atoms with E-state index >= 15 is 0 Å². The molecule has 1 heteroatoms. The van der Waals surface area contributed by atoms with Crippen LogP contribution in [0.1, 0.15) is 32.6 Å². The molecule has 2 unspecified atom stereocenters. The summed E-state index contributed by atoms with van der Waals surface area (Å²) in [5.74, 6) is 1.51. The van der Waals surface area contributed by atoms with E-state index in [1.807, 2.05) is 0 Å². The second-order valence-electron chi connectivity index (χ2n) is 4.98. The predicted molar refractivity (Wildman–Crippen MR) is 65.8 cm³/mol. The summed E-state index contributed by atoms with van der Waals surface area (Å²) in [6, 6.07) is 0. The monoisotopic (exact) mass is 205 g/mol.